The molecule has 0 aliphatic rings. The monoisotopic (exact) mass is 210 g/mol. The average Bonchev–Trinajstić information content (AvgIpc) is 2.17. The number of nitro benzene ring substituents is 1. The number of nitro groups is 1. The van der Waals surface area contributed by atoms with Crippen molar-refractivity contribution in [1.82, 2.24) is 0 Å². The van der Waals surface area contributed by atoms with Crippen LogP contribution >= 0.6 is 0 Å². The van der Waals surface area contributed by atoms with E-state index in [1.165, 1.54) is 12.1 Å². The highest BCUT2D eigenvalue weighted by molar-refractivity contribution is 5.53. The van der Waals surface area contributed by atoms with Crippen LogP contribution in [0.25, 0.3) is 0 Å². The Labute approximate surface area is 88.0 Å². The minimum atomic E-state index is -0.483. The van der Waals surface area contributed by atoms with E-state index < -0.39 is 4.92 Å². The lowest BCUT2D eigenvalue weighted by molar-refractivity contribution is -0.384. The highest BCUT2D eigenvalue weighted by atomic mass is 16.6. The maximum atomic E-state index is 10.5. The topological polar surface area (TPSA) is 78.4 Å². The summed E-state index contributed by atoms with van der Waals surface area (Å²) in [6.07, 6.45) is 1.94. The van der Waals surface area contributed by atoms with Crippen LogP contribution in [0.4, 0.5) is 11.4 Å². The summed E-state index contributed by atoms with van der Waals surface area (Å²) in [5.74, 6) is 0.454. The van der Waals surface area contributed by atoms with Gasteiger partial charge in [-0.2, -0.15) is 0 Å². The molecule has 1 aromatic rings. The average molecular weight is 210 g/mol. The summed E-state index contributed by atoms with van der Waals surface area (Å²) in [7, 11) is 0. The van der Waals surface area contributed by atoms with Gasteiger partial charge in [0.15, 0.2) is 0 Å². The summed E-state index contributed by atoms with van der Waals surface area (Å²) in [5.41, 5.74) is 5.82. The maximum Gasteiger partial charge on any atom is 0.275 e. The first-order valence-corrected chi connectivity index (χ1v) is 4.81. The number of ether oxygens (including phenoxy) is 1. The lowest BCUT2D eigenvalue weighted by Gasteiger charge is -2.05. The van der Waals surface area contributed by atoms with Crippen LogP contribution in [0.5, 0.6) is 5.75 Å². The van der Waals surface area contributed by atoms with Gasteiger partial charge in [-0.1, -0.05) is 13.3 Å². The van der Waals surface area contributed by atoms with Crippen molar-refractivity contribution in [3.63, 3.8) is 0 Å². The number of benzene rings is 1. The number of hydrogen-bond acceptors (Lipinski definition) is 4. The third kappa shape index (κ3) is 3.46. The van der Waals surface area contributed by atoms with E-state index in [2.05, 4.69) is 0 Å². The van der Waals surface area contributed by atoms with Gasteiger partial charge in [-0.05, 0) is 6.42 Å². The zero-order chi connectivity index (χ0) is 11.3. The molecule has 0 spiro atoms. The van der Waals surface area contributed by atoms with Gasteiger partial charge in [0.05, 0.1) is 17.6 Å². The number of anilines is 1. The minimum absolute atomic E-state index is 0.0403. The first-order valence-electron chi connectivity index (χ1n) is 4.81. The molecule has 82 valence electrons. The normalized spacial score (nSPS) is 9.93. The molecule has 0 radical (unpaired) electrons. The third-order valence-corrected chi connectivity index (χ3v) is 1.89. The summed E-state index contributed by atoms with van der Waals surface area (Å²) < 4.78 is 5.33. The van der Waals surface area contributed by atoms with Crippen LogP contribution in [-0.2, 0) is 0 Å². The lowest BCUT2D eigenvalue weighted by Crippen LogP contribution is -1.99. The van der Waals surface area contributed by atoms with Crippen LogP contribution in [0.3, 0.4) is 0 Å². The van der Waals surface area contributed by atoms with Gasteiger partial charge in [0.2, 0.25) is 0 Å². The summed E-state index contributed by atoms with van der Waals surface area (Å²) >= 11 is 0. The molecule has 1 rings (SSSR count). The lowest BCUT2D eigenvalue weighted by atomic mass is 10.2. The molecule has 5 nitrogen and oxygen atoms in total. The van der Waals surface area contributed by atoms with Crippen LogP contribution < -0.4 is 10.5 Å². The minimum Gasteiger partial charge on any atom is -0.493 e. The standard InChI is InChI=1S/C10H14N2O3/c1-2-3-4-15-10-6-8(11)5-9(7-10)12(13)14/h5-7H,2-4,11H2,1H3. The van der Waals surface area contributed by atoms with Gasteiger partial charge in [-0.25, -0.2) is 0 Å². The van der Waals surface area contributed by atoms with Crippen molar-refractivity contribution < 1.29 is 9.66 Å². The second-order valence-electron chi connectivity index (χ2n) is 3.22. The van der Waals surface area contributed by atoms with Gasteiger partial charge in [0.1, 0.15) is 5.75 Å². The molecular formula is C10H14N2O3. The highest BCUT2D eigenvalue weighted by Gasteiger charge is 2.08. The van der Waals surface area contributed by atoms with E-state index in [1.807, 2.05) is 6.92 Å². The van der Waals surface area contributed by atoms with Crippen LogP contribution in [0.15, 0.2) is 18.2 Å². The van der Waals surface area contributed by atoms with Crippen molar-refractivity contribution in [1.29, 1.82) is 0 Å². The number of non-ortho nitro benzene ring substituents is 1. The van der Waals surface area contributed by atoms with Crippen molar-refractivity contribution in [3.8, 4) is 5.75 Å². The Balaban J connectivity index is 2.75. The van der Waals surface area contributed by atoms with Gasteiger partial charge >= 0.3 is 0 Å². The van der Waals surface area contributed by atoms with E-state index in [0.29, 0.717) is 18.0 Å². The number of nitrogens with two attached hydrogens (primary N) is 1. The number of unbranched alkanes of at least 4 members (excludes halogenated alkanes) is 1. The molecule has 0 unspecified atom stereocenters. The second-order valence-corrected chi connectivity index (χ2v) is 3.22. The smallest absolute Gasteiger partial charge is 0.275 e. The number of rotatable bonds is 5. The molecular weight excluding hydrogens is 196 g/mol. The van der Waals surface area contributed by atoms with Crippen LogP contribution in [-0.4, -0.2) is 11.5 Å². The predicted molar refractivity (Wildman–Crippen MR) is 57.9 cm³/mol. The summed E-state index contributed by atoms with van der Waals surface area (Å²) in [4.78, 5) is 10.0. The summed E-state index contributed by atoms with van der Waals surface area (Å²) in [5, 5.41) is 10.5. The molecule has 2 N–H and O–H groups in total. The van der Waals surface area contributed by atoms with Crippen molar-refractivity contribution in [3.05, 3.63) is 28.3 Å². The SMILES string of the molecule is CCCCOc1cc(N)cc([N+](=O)[O-])c1. The molecule has 0 saturated heterocycles. The van der Waals surface area contributed by atoms with Crippen LogP contribution in [0.1, 0.15) is 19.8 Å². The van der Waals surface area contributed by atoms with E-state index in [9.17, 15) is 10.1 Å². The Morgan fingerprint density at radius 3 is 2.80 bits per heavy atom. The van der Waals surface area contributed by atoms with Gasteiger partial charge in [-0.3, -0.25) is 10.1 Å². The van der Waals surface area contributed by atoms with Crippen molar-refractivity contribution in [2.75, 3.05) is 12.3 Å². The number of nitrogens with zero attached hydrogens (tertiary/aromatic N) is 1. The van der Waals surface area contributed by atoms with Crippen LogP contribution in [0, 0.1) is 10.1 Å². The Hall–Kier alpha value is -1.78. The van der Waals surface area contributed by atoms with Crippen molar-refractivity contribution >= 4 is 11.4 Å². The van der Waals surface area contributed by atoms with E-state index in [0.717, 1.165) is 12.8 Å². The molecule has 0 fully saturated rings. The Bertz CT molecular complexity index is 353. The molecule has 5 heteroatoms. The van der Waals surface area contributed by atoms with Gasteiger partial charge < -0.3 is 10.5 Å². The van der Waals surface area contributed by atoms with Gasteiger partial charge in [0, 0.05) is 17.8 Å². The molecule has 0 amide bonds. The van der Waals surface area contributed by atoms with E-state index in [1.54, 1.807) is 6.07 Å². The fourth-order valence-electron chi connectivity index (χ4n) is 1.13. The maximum absolute atomic E-state index is 10.5. The highest BCUT2D eigenvalue weighted by Crippen LogP contribution is 2.24. The molecule has 0 aromatic heterocycles. The van der Waals surface area contributed by atoms with E-state index >= 15 is 0 Å². The van der Waals surface area contributed by atoms with Crippen molar-refractivity contribution in [2.45, 2.75) is 19.8 Å². The second kappa shape index (κ2) is 5.19. The largest absolute Gasteiger partial charge is 0.493 e. The number of nitrogen functional groups attached to an aromatic ring is 1. The summed E-state index contributed by atoms with van der Waals surface area (Å²) in [6, 6.07) is 4.28. The fraction of sp³-hybridized carbons (Fsp3) is 0.400. The van der Waals surface area contributed by atoms with Gasteiger partial charge in [0.25, 0.3) is 5.69 Å². The molecule has 15 heavy (non-hydrogen) atoms. The summed E-state index contributed by atoms with van der Waals surface area (Å²) in [6.45, 7) is 2.60. The Kier molecular flexibility index (Phi) is 3.91. The molecule has 0 aliphatic heterocycles. The fourth-order valence-corrected chi connectivity index (χ4v) is 1.13. The van der Waals surface area contributed by atoms with E-state index in [-0.39, 0.29) is 5.69 Å². The molecule has 0 bridgehead atoms. The molecule has 0 aliphatic carbocycles. The zero-order valence-corrected chi connectivity index (χ0v) is 8.60. The number of hydrogen-bond donors (Lipinski definition) is 1. The van der Waals surface area contributed by atoms with Gasteiger partial charge in [-0.15, -0.1) is 0 Å². The third-order valence-electron chi connectivity index (χ3n) is 1.89. The quantitative estimate of drug-likeness (QED) is 0.350. The molecule has 1 aromatic carbocycles. The Morgan fingerprint density at radius 1 is 1.47 bits per heavy atom. The predicted octanol–water partition coefficient (Wildman–Crippen LogP) is 2.36. The van der Waals surface area contributed by atoms with Crippen LogP contribution in [0.2, 0.25) is 0 Å². The molecule has 0 saturated carbocycles. The first kappa shape index (κ1) is 11.3. The molecule has 0 heterocycles. The molecule has 0 atom stereocenters. The zero-order valence-electron chi connectivity index (χ0n) is 8.60. The first-order chi connectivity index (χ1) is 7.13. The Morgan fingerprint density at radius 2 is 2.20 bits per heavy atom. The van der Waals surface area contributed by atoms with Crippen molar-refractivity contribution in [2.24, 2.45) is 0 Å². The van der Waals surface area contributed by atoms with E-state index in [4.69, 9.17) is 10.5 Å².